The van der Waals surface area contributed by atoms with E-state index in [9.17, 15) is 8.78 Å². The van der Waals surface area contributed by atoms with Crippen LogP contribution in [0.2, 0.25) is 0 Å². The molecule has 1 atom stereocenters. The number of rotatable bonds is 5. The Bertz CT molecular complexity index is 961. The summed E-state index contributed by atoms with van der Waals surface area (Å²) in [5.41, 5.74) is 0.808. The van der Waals surface area contributed by atoms with Crippen LogP contribution in [0, 0.1) is 0 Å². The Balaban J connectivity index is 1.65. The lowest BCUT2D eigenvalue weighted by atomic mass is 10.1. The van der Waals surface area contributed by atoms with E-state index in [4.69, 9.17) is 0 Å². The molecule has 4 heterocycles. The minimum atomic E-state index is -2.66. The molecule has 3 aromatic rings. The van der Waals surface area contributed by atoms with Crippen molar-refractivity contribution in [3.8, 4) is 0 Å². The van der Waals surface area contributed by atoms with Crippen molar-refractivity contribution in [1.82, 2.24) is 34.3 Å². The fourth-order valence-corrected chi connectivity index (χ4v) is 3.62. The molecule has 0 bridgehead atoms. The Labute approximate surface area is 155 Å². The van der Waals surface area contributed by atoms with Gasteiger partial charge in [0.25, 0.3) is 6.43 Å². The number of alkyl halides is 2. The summed E-state index contributed by atoms with van der Waals surface area (Å²) in [5, 5.41) is 11.9. The average Bonchev–Trinajstić information content (AvgIpc) is 3.23. The molecule has 10 heteroatoms. The van der Waals surface area contributed by atoms with Gasteiger partial charge in [0, 0.05) is 31.5 Å². The van der Waals surface area contributed by atoms with Crippen LogP contribution in [-0.4, -0.2) is 40.3 Å². The van der Waals surface area contributed by atoms with Crippen LogP contribution in [0.25, 0.3) is 11.2 Å². The predicted molar refractivity (Wildman–Crippen MR) is 95.8 cm³/mol. The summed E-state index contributed by atoms with van der Waals surface area (Å²) < 4.78 is 30.2. The smallest absolute Gasteiger partial charge is 0.295 e. The van der Waals surface area contributed by atoms with Crippen LogP contribution in [0.5, 0.6) is 0 Å². The molecule has 1 aliphatic heterocycles. The number of imidazole rings is 1. The SMILES string of the molecule is CCn1c(C(F)F)nc2c(N[C@H]3CCc4nnc(C(C)C)n4C3)ncnc21. The molecule has 0 fully saturated rings. The number of aryl methyl sites for hydroxylation is 2. The van der Waals surface area contributed by atoms with E-state index in [0.717, 1.165) is 24.5 Å². The minimum Gasteiger partial charge on any atom is -0.364 e. The van der Waals surface area contributed by atoms with E-state index in [-0.39, 0.29) is 17.8 Å². The molecule has 1 N–H and O–H groups in total. The Kier molecular flexibility index (Phi) is 4.48. The molecular weight excluding hydrogens is 354 g/mol. The van der Waals surface area contributed by atoms with Gasteiger partial charge >= 0.3 is 0 Å². The number of nitrogens with one attached hydrogen (secondary N) is 1. The summed E-state index contributed by atoms with van der Waals surface area (Å²) in [6.45, 7) is 7.05. The average molecular weight is 376 g/mol. The third-order valence-corrected chi connectivity index (χ3v) is 4.91. The van der Waals surface area contributed by atoms with E-state index in [1.807, 2.05) is 0 Å². The molecule has 3 aromatic heterocycles. The van der Waals surface area contributed by atoms with Crippen molar-refractivity contribution in [2.45, 2.75) is 65.1 Å². The molecule has 144 valence electrons. The first-order chi connectivity index (χ1) is 13.0. The molecule has 0 aromatic carbocycles. The monoisotopic (exact) mass is 376 g/mol. The van der Waals surface area contributed by atoms with E-state index in [1.54, 1.807) is 6.92 Å². The quantitative estimate of drug-likeness (QED) is 0.737. The normalized spacial score (nSPS) is 17.1. The summed E-state index contributed by atoms with van der Waals surface area (Å²) in [6.07, 6.45) is 0.394. The van der Waals surface area contributed by atoms with Crippen molar-refractivity contribution in [3.63, 3.8) is 0 Å². The van der Waals surface area contributed by atoms with Crippen molar-refractivity contribution in [2.24, 2.45) is 0 Å². The summed E-state index contributed by atoms with van der Waals surface area (Å²) in [7, 11) is 0. The molecule has 0 unspecified atom stereocenters. The molecule has 0 radical (unpaired) electrons. The van der Waals surface area contributed by atoms with Crippen LogP contribution in [-0.2, 0) is 19.5 Å². The highest BCUT2D eigenvalue weighted by molar-refractivity contribution is 5.83. The number of halogens is 2. The first-order valence-corrected chi connectivity index (χ1v) is 9.17. The van der Waals surface area contributed by atoms with Gasteiger partial charge in [-0.2, -0.15) is 0 Å². The van der Waals surface area contributed by atoms with Crippen molar-refractivity contribution >= 4 is 17.0 Å². The van der Waals surface area contributed by atoms with Crippen LogP contribution >= 0.6 is 0 Å². The second-order valence-electron chi connectivity index (χ2n) is 7.03. The van der Waals surface area contributed by atoms with Crippen molar-refractivity contribution in [3.05, 3.63) is 23.8 Å². The van der Waals surface area contributed by atoms with Crippen LogP contribution in [0.15, 0.2) is 6.33 Å². The lowest BCUT2D eigenvalue weighted by Crippen LogP contribution is -2.32. The Morgan fingerprint density at radius 3 is 2.74 bits per heavy atom. The van der Waals surface area contributed by atoms with Crippen LogP contribution in [0.1, 0.15) is 57.0 Å². The minimum absolute atomic E-state index is 0.0888. The molecule has 0 aliphatic carbocycles. The number of hydrogen-bond acceptors (Lipinski definition) is 6. The summed E-state index contributed by atoms with van der Waals surface area (Å²) in [5.74, 6) is 2.44. The van der Waals surface area contributed by atoms with Crippen molar-refractivity contribution in [2.75, 3.05) is 5.32 Å². The summed E-state index contributed by atoms with van der Waals surface area (Å²) in [4.78, 5) is 12.6. The van der Waals surface area contributed by atoms with Crippen molar-refractivity contribution in [1.29, 1.82) is 0 Å². The third kappa shape index (κ3) is 3.02. The maximum absolute atomic E-state index is 13.3. The Morgan fingerprint density at radius 2 is 2.04 bits per heavy atom. The van der Waals surface area contributed by atoms with E-state index in [1.165, 1.54) is 10.9 Å². The number of aromatic nitrogens is 7. The number of nitrogens with zero attached hydrogens (tertiary/aromatic N) is 7. The molecule has 1 aliphatic rings. The van der Waals surface area contributed by atoms with Gasteiger partial charge in [-0.15, -0.1) is 10.2 Å². The van der Waals surface area contributed by atoms with Gasteiger partial charge in [-0.1, -0.05) is 13.8 Å². The zero-order chi connectivity index (χ0) is 19.1. The van der Waals surface area contributed by atoms with Gasteiger partial charge in [0.15, 0.2) is 22.8 Å². The van der Waals surface area contributed by atoms with Crippen LogP contribution < -0.4 is 5.32 Å². The molecule has 8 nitrogen and oxygen atoms in total. The highest BCUT2D eigenvalue weighted by Crippen LogP contribution is 2.28. The van der Waals surface area contributed by atoms with Gasteiger partial charge in [-0.05, 0) is 13.3 Å². The molecule has 4 rings (SSSR count). The van der Waals surface area contributed by atoms with E-state index >= 15 is 0 Å². The lowest BCUT2D eigenvalue weighted by Gasteiger charge is -2.26. The van der Waals surface area contributed by atoms with E-state index < -0.39 is 6.43 Å². The number of fused-ring (bicyclic) bond motifs is 2. The third-order valence-electron chi connectivity index (χ3n) is 4.91. The highest BCUT2D eigenvalue weighted by Gasteiger charge is 2.26. The Hall–Kier alpha value is -2.65. The van der Waals surface area contributed by atoms with E-state index in [2.05, 4.69) is 48.9 Å². The second kappa shape index (κ2) is 6.82. The lowest BCUT2D eigenvalue weighted by molar-refractivity contribution is 0.136. The van der Waals surface area contributed by atoms with Crippen LogP contribution in [0.4, 0.5) is 14.6 Å². The van der Waals surface area contributed by atoms with Crippen molar-refractivity contribution < 1.29 is 8.78 Å². The van der Waals surface area contributed by atoms with E-state index in [0.29, 0.717) is 30.1 Å². The first kappa shape index (κ1) is 17.7. The standard InChI is InChI=1S/C17H22F2N8/c1-4-26-16-12(23-17(26)13(18)19)14(20-8-21-16)22-10-5-6-11-24-25-15(9(2)3)27(11)7-10/h8-10,13H,4-7H2,1-3H3,(H,20,21,22)/t10-/m0/s1. The highest BCUT2D eigenvalue weighted by atomic mass is 19.3. The van der Waals surface area contributed by atoms with Gasteiger partial charge in [-0.3, -0.25) is 0 Å². The fourth-order valence-electron chi connectivity index (χ4n) is 3.62. The molecule has 0 spiro atoms. The zero-order valence-corrected chi connectivity index (χ0v) is 15.5. The Morgan fingerprint density at radius 1 is 1.22 bits per heavy atom. The molecule has 27 heavy (non-hydrogen) atoms. The number of hydrogen-bond donors (Lipinski definition) is 1. The van der Waals surface area contributed by atoms with Gasteiger partial charge in [0.05, 0.1) is 0 Å². The van der Waals surface area contributed by atoms with Gasteiger partial charge < -0.3 is 14.5 Å². The first-order valence-electron chi connectivity index (χ1n) is 9.17. The topological polar surface area (TPSA) is 86.3 Å². The van der Waals surface area contributed by atoms with Crippen LogP contribution in [0.3, 0.4) is 0 Å². The summed E-state index contributed by atoms with van der Waals surface area (Å²) >= 11 is 0. The second-order valence-corrected chi connectivity index (χ2v) is 7.03. The molecule has 0 amide bonds. The molecule has 0 saturated carbocycles. The zero-order valence-electron chi connectivity index (χ0n) is 15.5. The maximum Gasteiger partial charge on any atom is 0.295 e. The largest absolute Gasteiger partial charge is 0.364 e. The van der Waals surface area contributed by atoms with Gasteiger partial charge in [-0.25, -0.2) is 23.7 Å². The fraction of sp³-hybridized carbons (Fsp3) is 0.588. The van der Waals surface area contributed by atoms with Gasteiger partial charge in [0.1, 0.15) is 18.0 Å². The van der Waals surface area contributed by atoms with Gasteiger partial charge in [0.2, 0.25) is 0 Å². The molecule has 0 saturated heterocycles. The summed E-state index contributed by atoms with van der Waals surface area (Å²) in [6, 6.07) is 0.0888. The number of anilines is 1. The molecular formula is C17H22F2N8. The predicted octanol–water partition coefficient (Wildman–Crippen LogP) is 2.93. The maximum atomic E-state index is 13.3.